The SMILES string of the molecule is N#Cc1c(NC(=O)O)sc2c(F)ccc(-c3c(Cl)cc4c(N5CCC[C@]6(C5)NC(=O)NC6=O)nc(OCC56CCCN5C/C(=C\F)C6)nc4c3F)c12. The fourth-order valence-electron chi connectivity index (χ4n) is 8.09. The van der Waals surface area contributed by atoms with Crippen molar-refractivity contribution < 1.29 is 37.4 Å². The summed E-state index contributed by atoms with van der Waals surface area (Å²) in [6.07, 6.45) is 2.04. The highest BCUT2D eigenvalue weighted by molar-refractivity contribution is 7.23. The molecule has 0 bridgehead atoms. The zero-order valence-corrected chi connectivity index (χ0v) is 28.7. The number of imide groups is 1. The van der Waals surface area contributed by atoms with Crippen molar-refractivity contribution in [3.8, 4) is 23.2 Å². The van der Waals surface area contributed by atoms with Crippen LogP contribution >= 0.6 is 22.9 Å². The number of aromatic nitrogens is 2. The Morgan fingerprint density at radius 3 is 2.77 bits per heavy atom. The van der Waals surface area contributed by atoms with Gasteiger partial charge in [0.25, 0.3) is 5.91 Å². The number of nitrogens with zero attached hydrogens (tertiary/aromatic N) is 5. The molecule has 0 radical (unpaired) electrons. The first-order valence-electron chi connectivity index (χ1n) is 16.4. The Kier molecular flexibility index (Phi) is 8.16. The number of urea groups is 1. The number of nitrogens with one attached hydrogen (secondary N) is 3. The van der Waals surface area contributed by atoms with Crippen molar-refractivity contribution in [2.45, 2.75) is 43.2 Å². The third kappa shape index (κ3) is 5.35. The molecule has 52 heavy (non-hydrogen) atoms. The Labute approximate surface area is 302 Å². The van der Waals surface area contributed by atoms with Crippen molar-refractivity contribution in [3.63, 3.8) is 0 Å². The van der Waals surface area contributed by atoms with E-state index >= 15 is 8.78 Å². The third-order valence-corrected chi connectivity index (χ3v) is 11.8. The fraction of sp³-hybridized carbons (Fsp3) is 0.353. The van der Waals surface area contributed by atoms with E-state index in [1.807, 2.05) is 6.07 Å². The number of hydrogen-bond donors (Lipinski definition) is 4. The molecule has 13 nitrogen and oxygen atoms in total. The van der Waals surface area contributed by atoms with Crippen LogP contribution in [0.2, 0.25) is 5.02 Å². The van der Waals surface area contributed by atoms with E-state index in [2.05, 4.69) is 25.8 Å². The summed E-state index contributed by atoms with van der Waals surface area (Å²) in [5, 5.41) is 26.3. The average molecular weight is 753 g/mol. The number of ether oxygens (including phenoxy) is 1. The van der Waals surface area contributed by atoms with Crippen molar-refractivity contribution in [2.24, 2.45) is 0 Å². The summed E-state index contributed by atoms with van der Waals surface area (Å²) < 4.78 is 52.0. The highest BCUT2D eigenvalue weighted by Gasteiger charge is 2.50. The third-order valence-electron chi connectivity index (χ3n) is 10.4. The smallest absolute Gasteiger partial charge is 0.409 e. The molecule has 1 unspecified atom stereocenters. The van der Waals surface area contributed by atoms with Gasteiger partial charge >= 0.3 is 18.1 Å². The largest absolute Gasteiger partial charge is 0.465 e. The molecule has 2 aromatic heterocycles. The normalized spacial score (nSPS) is 23.8. The van der Waals surface area contributed by atoms with Crippen molar-refractivity contribution in [1.29, 1.82) is 5.26 Å². The number of amides is 4. The lowest BCUT2D eigenvalue weighted by atomic mass is 9.89. The fourth-order valence-corrected chi connectivity index (χ4v) is 9.45. The molecular weight excluding hydrogens is 725 g/mol. The topological polar surface area (TPSA) is 173 Å². The minimum absolute atomic E-state index is 0.00213. The maximum absolute atomic E-state index is 17.2. The van der Waals surface area contributed by atoms with E-state index in [0.29, 0.717) is 55.6 Å². The van der Waals surface area contributed by atoms with Gasteiger partial charge in [-0.1, -0.05) is 17.7 Å². The van der Waals surface area contributed by atoms with E-state index in [4.69, 9.17) is 21.3 Å². The predicted molar refractivity (Wildman–Crippen MR) is 185 cm³/mol. The number of halogens is 4. The highest BCUT2D eigenvalue weighted by Crippen LogP contribution is 2.47. The molecule has 4 aromatic rings. The quantitative estimate of drug-likeness (QED) is 0.170. The van der Waals surface area contributed by atoms with Gasteiger partial charge in [0.2, 0.25) is 0 Å². The van der Waals surface area contributed by atoms with Gasteiger partial charge in [0.15, 0.2) is 5.82 Å². The van der Waals surface area contributed by atoms with E-state index in [1.165, 1.54) is 12.1 Å². The van der Waals surface area contributed by atoms with E-state index in [0.717, 1.165) is 25.5 Å². The van der Waals surface area contributed by atoms with Crippen LogP contribution in [0.1, 0.15) is 37.7 Å². The second kappa shape index (κ2) is 12.5. The minimum Gasteiger partial charge on any atom is -0.465 e. The number of hydrogen-bond acceptors (Lipinski definition) is 10. The summed E-state index contributed by atoms with van der Waals surface area (Å²) in [6, 6.07) is 4.84. The number of carboxylic acid groups (broad SMARTS) is 1. The molecule has 6 heterocycles. The van der Waals surface area contributed by atoms with Gasteiger partial charge in [-0.2, -0.15) is 15.2 Å². The van der Waals surface area contributed by atoms with Crippen LogP contribution in [0.15, 0.2) is 30.1 Å². The highest BCUT2D eigenvalue weighted by atomic mass is 35.5. The van der Waals surface area contributed by atoms with E-state index in [1.54, 1.807) is 4.90 Å². The molecular formula is C34H28ClF3N8O5S. The second-order valence-corrected chi connectivity index (χ2v) is 14.8. The molecule has 4 saturated heterocycles. The number of anilines is 2. The van der Waals surface area contributed by atoms with Crippen molar-refractivity contribution in [1.82, 2.24) is 25.5 Å². The molecule has 4 fully saturated rings. The lowest BCUT2D eigenvalue weighted by Gasteiger charge is -2.39. The van der Waals surface area contributed by atoms with Gasteiger partial charge in [-0.15, -0.1) is 11.3 Å². The number of rotatable bonds is 6. The summed E-state index contributed by atoms with van der Waals surface area (Å²) in [5.41, 5.74) is -1.77. The van der Waals surface area contributed by atoms with Crippen molar-refractivity contribution in [3.05, 3.63) is 52.3 Å². The maximum Gasteiger partial charge on any atom is 0.409 e. The summed E-state index contributed by atoms with van der Waals surface area (Å²) in [4.78, 5) is 49.7. The molecule has 4 aliphatic rings. The van der Waals surface area contributed by atoms with E-state index in [9.17, 15) is 29.1 Å². The summed E-state index contributed by atoms with van der Waals surface area (Å²) in [6.45, 7) is 1.68. The molecule has 4 amide bonds. The van der Waals surface area contributed by atoms with E-state index in [-0.39, 0.29) is 72.7 Å². The van der Waals surface area contributed by atoms with Crippen LogP contribution in [0.3, 0.4) is 0 Å². The molecule has 2 atom stereocenters. The summed E-state index contributed by atoms with van der Waals surface area (Å²) in [7, 11) is 0. The van der Waals surface area contributed by atoms with Crippen LogP contribution in [-0.2, 0) is 4.79 Å². The van der Waals surface area contributed by atoms with Crippen molar-refractivity contribution in [2.75, 3.05) is 43.0 Å². The van der Waals surface area contributed by atoms with Crippen LogP contribution in [-0.4, -0.2) is 81.9 Å². The van der Waals surface area contributed by atoms with Gasteiger partial charge in [0.1, 0.15) is 40.4 Å². The van der Waals surface area contributed by atoms with Crippen LogP contribution in [0.25, 0.3) is 32.1 Å². The van der Waals surface area contributed by atoms with Crippen LogP contribution in [0, 0.1) is 23.0 Å². The minimum atomic E-state index is -1.47. The molecule has 1 spiro atoms. The first-order valence-corrected chi connectivity index (χ1v) is 17.5. The molecule has 0 aliphatic carbocycles. The van der Waals surface area contributed by atoms with Crippen LogP contribution < -0.4 is 25.6 Å². The first kappa shape index (κ1) is 33.9. The monoisotopic (exact) mass is 752 g/mol. The molecule has 268 valence electrons. The number of piperidine rings is 1. The second-order valence-electron chi connectivity index (χ2n) is 13.4. The average Bonchev–Trinajstić information content (AvgIpc) is 3.84. The Balaban J connectivity index is 1.29. The lowest BCUT2D eigenvalue weighted by Crippen LogP contribution is -2.58. The predicted octanol–water partition coefficient (Wildman–Crippen LogP) is 6.05. The Bertz CT molecular complexity index is 2320. The van der Waals surface area contributed by atoms with Gasteiger partial charge in [-0.05, 0) is 61.9 Å². The van der Waals surface area contributed by atoms with Gasteiger partial charge in [0.05, 0.1) is 33.7 Å². The zero-order valence-electron chi connectivity index (χ0n) is 27.1. The Morgan fingerprint density at radius 1 is 1.23 bits per heavy atom. The van der Waals surface area contributed by atoms with Gasteiger partial charge < -0.3 is 20.1 Å². The number of carbonyl (C=O) groups excluding carboxylic acids is 2. The molecule has 8 rings (SSSR count). The van der Waals surface area contributed by atoms with E-state index < -0.39 is 40.7 Å². The molecule has 2 aromatic carbocycles. The van der Waals surface area contributed by atoms with Gasteiger partial charge in [0, 0.05) is 29.4 Å². The Morgan fingerprint density at radius 2 is 2.04 bits per heavy atom. The van der Waals surface area contributed by atoms with Crippen molar-refractivity contribution >= 4 is 72.8 Å². The van der Waals surface area contributed by atoms with Crippen LogP contribution in [0.5, 0.6) is 6.01 Å². The molecule has 0 saturated carbocycles. The van der Waals surface area contributed by atoms with Gasteiger partial charge in [-0.3, -0.25) is 20.3 Å². The number of nitriles is 1. The van der Waals surface area contributed by atoms with Gasteiger partial charge in [-0.25, -0.2) is 22.8 Å². The molecule has 18 heteroatoms. The molecule has 4 aliphatic heterocycles. The number of thiophene rings is 1. The number of carbonyl (C=O) groups is 3. The summed E-state index contributed by atoms with van der Waals surface area (Å²) in [5.74, 6) is -2.02. The zero-order chi connectivity index (χ0) is 36.5. The Hall–Kier alpha value is -5.18. The number of fused-ring (bicyclic) bond motifs is 3. The lowest BCUT2D eigenvalue weighted by molar-refractivity contribution is -0.124. The summed E-state index contributed by atoms with van der Waals surface area (Å²) >= 11 is 7.51. The maximum atomic E-state index is 17.2. The molecule has 4 N–H and O–H groups in total. The first-order chi connectivity index (χ1) is 25.0. The standard InChI is InChI=1S/C34H28ClF3N8O5S/c35-20-9-18-25(24(38)23(20)17-3-4-21(37)26-22(17)19(12-39)28(52-26)42-32(49)50)40-31(51-15-33-5-1-8-46(33)13-16(10-33)11-36)41-27(18)45-7-2-6-34(14-45)29(47)43-30(48)44-34/h3-4,9,11,42H,1-2,5-8,10,13-15H2,(H,49,50)(H2,43,44,47,48)/b16-11-/t33?,34-/m1/s1. The van der Waals surface area contributed by atoms with Crippen LogP contribution in [0.4, 0.5) is 33.6 Å². The number of benzene rings is 2.